The number of hydrogen-bond donors (Lipinski definition) is 1. The third-order valence-electron chi connectivity index (χ3n) is 3.87. The van der Waals surface area contributed by atoms with E-state index in [0.717, 1.165) is 11.3 Å². The Morgan fingerprint density at radius 1 is 1.39 bits per heavy atom. The van der Waals surface area contributed by atoms with Crippen molar-refractivity contribution in [1.82, 2.24) is 14.7 Å². The minimum atomic E-state index is -1.05. The second-order valence-electron chi connectivity index (χ2n) is 5.38. The van der Waals surface area contributed by atoms with Crippen LogP contribution in [0.4, 0.5) is 0 Å². The number of morpholine rings is 1. The lowest BCUT2D eigenvalue weighted by Crippen LogP contribution is -2.52. The molecule has 1 aliphatic rings. The summed E-state index contributed by atoms with van der Waals surface area (Å²) in [5.41, 5.74) is 2.23. The fourth-order valence-electron chi connectivity index (χ4n) is 2.67. The van der Waals surface area contributed by atoms with E-state index < -0.39 is 12.0 Å². The van der Waals surface area contributed by atoms with Gasteiger partial charge in [-0.05, 0) is 36.8 Å². The number of carboxylic acid groups (broad SMARTS) is 1. The molecule has 120 valence electrons. The Morgan fingerprint density at radius 2 is 2.22 bits per heavy atom. The van der Waals surface area contributed by atoms with Gasteiger partial charge in [-0.25, -0.2) is 9.48 Å². The summed E-state index contributed by atoms with van der Waals surface area (Å²) in [5.74, 6) is -1.35. The van der Waals surface area contributed by atoms with Gasteiger partial charge in [0.1, 0.15) is 0 Å². The van der Waals surface area contributed by atoms with E-state index >= 15 is 0 Å². The first-order chi connectivity index (χ1) is 11.1. The van der Waals surface area contributed by atoms with E-state index in [1.807, 2.05) is 25.3 Å². The summed E-state index contributed by atoms with van der Waals surface area (Å²) in [6.07, 6.45) is 3.51. The maximum Gasteiger partial charge on any atom is 0.328 e. The van der Waals surface area contributed by atoms with Gasteiger partial charge >= 0.3 is 5.97 Å². The maximum atomic E-state index is 12.6. The SMILES string of the molecule is Cc1cc(C(=O)N2CCOC[C@@H]2C(=O)O)ccc1-n1cccn1. The molecule has 0 bridgehead atoms. The maximum absolute atomic E-state index is 12.6. The van der Waals surface area contributed by atoms with Crippen molar-refractivity contribution >= 4 is 11.9 Å². The topological polar surface area (TPSA) is 84.7 Å². The molecule has 2 heterocycles. The number of carbonyl (C=O) groups is 2. The average Bonchev–Trinajstić information content (AvgIpc) is 3.08. The van der Waals surface area contributed by atoms with Crippen molar-refractivity contribution < 1.29 is 19.4 Å². The summed E-state index contributed by atoms with van der Waals surface area (Å²) in [7, 11) is 0. The monoisotopic (exact) mass is 315 g/mol. The predicted molar refractivity (Wildman–Crippen MR) is 81.6 cm³/mol. The Kier molecular flexibility index (Phi) is 4.12. The van der Waals surface area contributed by atoms with E-state index in [9.17, 15) is 14.7 Å². The largest absolute Gasteiger partial charge is 0.480 e. The van der Waals surface area contributed by atoms with Gasteiger partial charge in [-0.3, -0.25) is 4.79 Å². The number of amides is 1. The molecule has 1 fully saturated rings. The number of carboxylic acids is 1. The van der Waals surface area contributed by atoms with Gasteiger partial charge in [0, 0.05) is 24.5 Å². The van der Waals surface area contributed by atoms with E-state index in [4.69, 9.17) is 4.74 Å². The molecule has 0 spiro atoms. The van der Waals surface area contributed by atoms with Crippen LogP contribution in [0.2, 0.25) is 0 Å². The first kappa shape index (κ1) is 15.2. The van der Waals surface area contributed by atoms with Crippen LogP contribution in [0.1, 0.15) is 15.9 Å². The Hall–Kier alpha value is -2.67. The highest BCUT2D eigenvalue weighted by Gasteiger charge is 2.33. The van der Waals surface area contributed by atoms with Crippen LogP contribution in [0.3, 0.4) is 0 Å². The lowest BCUT2D eigenvalue weighted by Gasteiger charge is -2.33. The van der Waals surface area contributed by atoms with Crippen LogP contribution < -0.4 is 0 Å². The molecule has 0 aliphatic carbocycles. The molecule has 23 heavy (non-hydrogen) atoms. The Morgan fingerprint density at radius 3 is 2.87 bits per heavy atom. The number of ether oxygens (including phenoxy) is 1. The molecule has 1 atom stereocenters. The first-order valence-electron chi connectivity index (χ1n) is 7.30. The van der Waals surface area contributed by atoms with E-state index in [-0.39, 0.29) is 19.1 Å². The molecule has 7 heteroatoms. The number of benzene rings is 1. The molecule has 7 nitrogen and oxygen atoms in total. The molecule has 1 amide bonds. The van der Waals surface area contributed by atoms with Crippen LogP contribution in [-0.4, -0.2) is 57.5 Å². The number of nitrogens with zero attached hydrogens (tertiary/aromatic N) is 3. The molecule has 2 aromatic rings. The van der Waals surface area contributed by atoms with Crippen LogP contribution in [0.15, 0.2) is 36.7 Å². The summed E-state index contributed by atoms with van der Waals surface area (Å²) >= 11 is 0. The molecule has 0 radical (unpaired) electrons. The third kappa shape index (κ3) is 2.95. The molecule has 0 saturated carbocycles. The van der Waals surface area contributed by atoms with Crippen LogP contribution in [-0.2, 0) is 9.53 Å². The zero-order valence-corrected chi connectivity index (χ0v) is 12.7. The summed E-state index contributed by atoms with van der Waals surface area (Å²) < 4.78 is 6.89. The molecular weight excluding hydrogens is 298 g/mol. The molecule has 1 N–H and O–H groups in total. The fourth-order valence-corrected chi connectivity index (χ4v) is 2.67. The summed E-state index contributed by atoms with van der Waals surface area (Å²) in [6, 6.07) is 6.14. The summed E-state index contributed by atoms with van der Waals surface area (Å²) in [6.45, 7) is 2.53. The highest BCUT2D eigenvalue weighted by molar-refractivity contribution is 5.97. The van der Waals surface area contributed by atoms with Gasteiger partial charge in [0.25, 0.3) is 5.91 Å². The zero-order chi connectivity index (χ0) is 16.4. The number of aromatic nitrogens is 2. The number of hydrogen-bond acceptors (Lipinski definition) is 4. The van der Waals surface area contributed by atoms with E-state index in [1.54, 1.807) is 23.0 Å². The van der Waals surface area contributed by atoms with Gasteiger partial charge in [-0.1, -0.05) is 0 Å². The average molecular weight is 315 g/mol. The molecule has 1 aromatic carbocycles. The molecule has 1 aromatic heterocycles. The molecule has 1 saturated heterocycles. The van der Waals surface area contributed by atoms with Gasteiger partial charge in [-0.15, -0.1) is 0 Å². The lowest BCUT2D eigenvalue weighted by molar-refractivity contribution is -0.147. The molecule has 0 unspecified atom stereocenters. The lowest BCUT2D eigenvalue weighted by atomic mass is 10.1. The fraction of sp³-hybridized carbons (Fsp3) is 0.312. The first-order valence-corrected chi connectivity index (χ1v) is 7.30. The molecular formula is C16H17N3O4. The van der Waals surface area contributed by atoms with E-state index in [0.29, 0.717) is 12.2 Å². The van der Waals surface area contributed by atoms with Gasteiger partial charge in [-0.2, -0.15) is 5.10 Å². The van der Waals surface area contributed by atoms with Gasteiger partial charge < -0.3 is 14.7 Å². The van der Waals surface area contributed by atoms with Crippen molar-refractivity contribution in [3.8, 4) is 5.69 Å². The number of carbonyl (C=O) groups excluding carboxylic acids is 1. The van der Waals surface area contributed by atoms with Crippen LogP contribution in [0.25, 0.3) is 5.69 Å². The summed E-state index contributed by atoms with van der Waals surface area (Å²) in [5, 5.41) is 13.4. The van der Waals surface area contributed by atoms with E-state index in [2.05, 4.69) is 5.10 Å². The smallest absolute Gasteiger partial charge is 0.328 e. The van der Waals surface area contributed by atoms with Crippen LogP contribution >= 0.6 is 0 Å². The van der Waals surface area contributed by atoms with Crippen LogP contribution in [0, 0.1) is 6.92 Å². The second-order valence-corrected chi connectivity index (χ2v) is 5.38. The third-order valence-corrected chi connectivity index (χ3v) is 3.87. The van der Waals surface area contributed by atoms with Crippen molar-refractivity contribution in [3.05, 3.63) is 47.8 Å². The normalized spacial score (nSPS) is 18.0. The Balaban J connectivity index is 1.87. The number of aryl methyl sites for hydroxylation is 1. The highest BCUT2D eigenvalue weighted by Crippen LogP contribution is 2.18. The van der Waals surface area contributed by atoms with Gasteiger partial charge in [0.2, 0.25) is 0 Å². The zero-order valence-electron chi connectivity index (χ0n) is 12.7. The molecule has 1 aliphatic heterocycles. The highest BCUT2D eigenvalue weighted by atomic mass is 16.5. The molecule has 3 rings (SSSR count). The van der Waals surface area contributed by atoms with Crippen molar-refractivity contribution in [2.75, 3.05) is 19.8 Å². The number of rotatable bonds is 3. The Bertz CT molecular complexity index is 727. The van der Waals surface area contributed by atoms with Crippen molar-refractivity contribution in [2.45, 2.75) is 13.0 Å². The summed E-state index contributed by atoms with van der Waals surface area (Å²) in [4.78, 5) is 25.3. The van der Waals surface area contributed by atoms with Crippen LogP contribution in [0.5, 0.6) is 0 Å². The minimum absolute atomic E-state index is 0.0193. The van der Waals surface area contributed by atoms with Crippen molar-refractivity contribution in [1.29, 1.82) is 0 Å². The minimum Gasteiger partial charge on any atom is -0.480 e. The van der Waals surface area contributed by atoms with Gasteiger partial charge in [0.15, 0.2) is 6.04 Å². The Labute approximate surface area is 133 Å². The standard InChI is InChI=1S/C16H17N3O4/c1-11-9-12(3-4-13(11)19-6-2-5-17-19)15(20)18-7-8-23-10-14(18)16(21)22/h2-6,9,14H,7-8,10H2,1H3,(H,21,22)/t14-/m1/s1. The predicted octanol–water partition coefficient (Wildman–Crippen LogP) is 1.11. The van der Waals surface area contributed by atoms with E-state index in [1.165, 1.54) is 4.90 Å². The quantitative estimate of drug-likeness (QED) is 0.917. The number of aliphatic carboxylic acids is 1. The van der Waals surface area contributed by atoms with Crippen molar-refractivity contribution in [2.24, 2.45) is 0 Å². The van der Waals surface area contributed by atoms with Crippen molar-refractivity contribution in [3.63, 3.8) is 0 Å². The second kappa shape index (κ2) is 6.21. The van der Waals surface area contributed by atoms with Gasteiger partial charge in [0.05, 0.1) is 18.9 Å².